The minimum Gasteiger partial charge on any atom is -0.310 e. The maximum absolute atomic E-state index is 3.72. The lowest BCUT2D eigenvalue weighted by Crippen LogP contribution is -2.24. The molecule has 94 valence electrons. The molecule has 0 saturated heterocycles. The van der Waals surface area contributed by atoms with Crippen LogP contribution in [0.5, 0.6) is 0 Å². The Bertz CT molecular complexity index is 396. The summed E-state index contributed by atoms with van der Waals surface area (Å²) in [6, 6.07) is 5.18. The monoisotopic (exact) mass is 295 g/mol. The minimum absolute atomic E-state index is 0.571. The summed E-state index contributed by atoms with van der Waals surface area (Å²) >= 11 is 3.61. The van der Waals surface area contributed by atoms with Gasteiger partial charge in [-0.25, -0.2) is 0 Å². The molecule has 0 radical (unpaired) electrons. The van der Waals surface area contributed by atoms with Gasteiger partial charge in [0.2, 0.25) is 0 Å². The Balaban J connectivity index is 2.25. The van der Waals surface area contributed by atoms with Crippen LogP contribution in [0.2, 0.25) is 0 Å². The van der Waals surface area contributed by atoms with Gasteiger partial charge < -0.3 is 5.32 Å². The molecule has 17 heavy (non-hydrogen) atoms. The third-order valence-electron chi connectivity index (χ3n) is 3.59. The van der Waals surface area contributed by atoms with E-state index in [2.05, 4.69) is 54.2 Å². The van der Waals surface area contributed by atoms with Crippen molar-refractivity contribution in [1.29, 1.82) is 0 Å². The molecule has 1 unspecified atom stereocenters. The maximum atomic E-state index is 3.72. The van der Waals surface area contributed by atoms with Crippen molar-refractivity contribution in [2.45, 2.75) is 46.1 Å². The molecular formula is C15H22BrN. The first-order valence-electron chi connectivity index (χ1n) is 6.63. The first-order valence-corrected chi connectivity index (χ1v) is 7.42. The van der Waals surface area contributed by atoms with Gasteiger partial charge in [-0.1, -0.05) is 28.9 Å². The average molecular weight is 296 g/mol. The van der Waals surface area contributed by atoms with Gasteiger partial charge in [-0.3, -0.25) is 0 Å². The summed E-state index contributed by atoms with van der Waals surface area (Å²) in [6.07, 6.45) is 3.98. The zero-order chi connectivity index (χ0) is 12.4. The number of aryl methyl sites for hydroxylation is 2. The molecule has 1 nitrogen and oxygen atoms in total. The normalized spacial score (nSPS) is 17.2. The van der Waals surface area contributed by atoms with Gasteiger partial charge in [-0.2, -0.15) is 0 Å². The molecule has 1 aromatic rings. The van der Waals surface area contributed by atoms with Crippen LogP contribution in [0.1, 0.15) is 48.9 Å². The van der Waals surface area contributed by atoms with Gasteiger partial charge in [0.05, 0.1) is 0 Å². The number of nitrogens with one attached hydrogen (secondary N) is 1. The molecular weight excluding hydrogens is 274 g/mol. The number of hydrogen-bond acceptors (Lipinski definition) is 1. The molecule has 1 aliphatic carbocycles. The van der Waals surface area contributed by atoms with E-state index in [9.17, 15) is 0 Å². The van der Waals surface area contributed by atoms with Crippen LogP contribution in [0.4, 0.5) is 0 Å². The Labute approximate surface area is 113 Å². The minimum atomic E-state index is 0.571. The van der Waals surface area contributed by atoms with E-state index >= 15 is 0 Å². The summed E-state index contributed by atoms with van der Waals surface area (Å²) in [6.45, 7) is 7.76. The highest BCUT2D eigenvalue weighted by Gasteiger charge is 2.32. The lowest BCUT2D eigenvalue weighted by atomic mass is 9.95. The lowest BCUT2D eigenvalue weighted by Gasteiger charge is -2.21. The third kappa shape index (κ3) is 3.11. The van der Waals surface area contributed by atoms with Crippen LogP contribution in [0.3, 0.4) is 0 Å². The van der Waals surface area contributed by atoms with Gasteiger partial charge in [0, 0.05) is 10.5 Å². The smallest absolute Gasteiger partial charge is 0.0351 e. The molecule has 1 aromatic carbocycles. The largest absolute Gasteiger partial charge is 0.310 e. The Morgan fingerprint density at radius 3 is 2.59 bits per heavy atom. The second-order valence-corrected chi connectivity index (χ2v) is 6.08. The molecule has 2 rings (SSSR count). The molecule has 0 amide bonds. The summed E-state index contributed by atoms with van der Waals surface area (Å²) in [5.41, 5.74) is 4.25. The lowest BCUT2D eigenvalue weighted by molar-refractivity contribution is 0.479. The summed E-state index contributed by atoms with van der Waals surface area (Å²) in [5.74, 6) is 0.862. The van der Waals surface area contributed by atoms with Gasteiger partial charge in [0.25, 0.3) is 0 Å². The van der Waals surface area contributed by atoms with Gasteiger partial charge in [-0.05, 0) is 68.3 Å². The number of rotatable bonds is 5. The molecule has 0 aliphatic heterocycles. The second kappa shape index (κ2) is 5.53. The molecule has 1 atom stereocenters. The Morgan fingerprint density at radius 2 is 2.00 bits per heavy atom. The average Bonchev–Trinajstić information content (AvgIpc) is 3.10. The van der Waals surface area contributed by atoms with Crippen molar-refractivity contribution in [3.63, 3.8) is 0 Å². The number of benzene rings is 1. The van der Waals surface area contributed by atoms with Crippen molar-refractivity contribution in [1.82, 2.24) is 5.32 Å². The van der Waals surface area contributed by atoms with Crippen LogP contribution in [0.15, 0.2) is 16.6 Å². The van der Waals surface area contributed by atoms with E-state index in [4.69, 9.17) is 0 Å². The standard InChI is InChI=1S/C15H22BrN/c1-4-7-17-15(12-5-6-12)13-8-11(3)14(16)9-10(13)2/h8-9,12,15,17H,4-7H2,1-3H3. The van der Waals surface area contributed by atoms with Gasteiger partial charge >= 0.3 is 0 Å². The van der Waals surface area contributed by atoms with Crippen LogP contribution in [0.25, 0.3) is 0 Å². The quantitative estimate of drug-likeness (QED) is 0.842. The van der Waals surface area contributed by atoms with Crippen LogP contribution in [0, 0.1) is 19.8 Å². The summed E-state index contributed by atoms with van der Waals surface area (Å²) in [7, 11) is 0. The van der Waals surface area contributed by atoms with E-state index in [1.165, 1.54) is 40.4 Å². The van der Waals surface area contributed by atoms with Crippen LogP contribution < -0.4 is 5.32 Å². The van der Waals surface area contributed by atoms with Gasteiger partial charge in [0.15, 0.2) is 0 Å². The summed E-state index contributed by atoms with van der Waals surface area (Å²) < 4.78 is 1.23. The van der Waals surface area contributed by atoms with E-state index in [1.807, 2.05) is 0 Å². The van der Waals surface area contributed by atoms with E-state index in [0.717, 1.165) is 12.5 Å². The summed E-state index contributed by atoms with van der Waals surface area (Å²) in [5, 5.41) is 3.72. The zero-order valence-corrected chi connectivity index (χ0v) is 12.6. The highest BCUT2D eigenvalue weighted by atomic mass is 79.9. The highest BCUT2D eigenvalue weighted by molar-refractivity contribution is 9.10. The first-order chi connectivity index (χ1) is 8.13. The molecule has 2 heteroatoms. The fourth-order valence-electron chi connectivity index (χ4n) is 2.40. The van der Waals surface area contributed by atoms with Crippen molar-refractivity contribution in [3.8, 4) is 0 Å². The third-order valence-corrected chi connectivity index (χ3v) is 4.44. The second-order valence-electron chi connectivity index (χ2n) is 5.23. The van der Waals surface area contributed by atoms with E-state index in [1.54, 1.807) is 0 Å². The van der Waals surface area contributed by atoms with Crippen molar-refractivity contribution < 1.29 is 0 Å². The number of hydrogen-bond donors (Lipinski definition) is 1. The summed E-state index contributed by atoms with van der Waals surface area (Å²) in [4.78, 5) is 0. The number of halogens is 1. The van der Waals surface area contributed by atoms with Crippen molar-refractivity contribution >= 4 is 15.9 Å². The molecule has 1 aliphatic rings. The Kier molecular flexibility index (Phi) is 4.26. The van der Waals surface area contributed by atoms with E-state index in [-0.39, 0.29) is 0 Å². The highest BCUT2D eigenvalue weighted by Crippen LogP contribution is 2.42. The van der Waals surface area contributed by atoms with Gasteiger partial charge in [-0.15, -0.1) is 0 Å². The van der Waals surface area contributed by atoms with Crippen LogP contribution in [-0.4, -0.2) is 6.54 Å². The SMILES string of the molecule is CCCNC(c1cc(C)c(Br)cc1C)C1CC1. The van der Waals surface area contributed by atoms with Gasteiger partial charge in [0.1, 0.15) is 0 Å². The molecule has 1 saturated carbocycles. The maximum Gasteiger partial charge on any atom is 0.0351 e. The van der Waals surface area contributed by atoms with Crippen LogP contribution >= 0.6 is 15.9 Å². The van der Waals surface area contributed by atoms with Crippen molar-refractivity contribution in [2.24, 2.45) is 5.92 Å². The fourth-order valence-corrected chi connectivity index (χ4v) is 2.86. The van der Waals surface area contributed by atoms with E-state index in [0.29, 0.717) is 6.04 Å². The van der Waals surface area contributed by atoms with E-state index < -0.39 is 0 Å². The fraction of sp³-hybridized carbons (Fsp3) is 0.600. The Morgan fingerprint density at radius 1 is 1.29 bits per heavy atom. The molecule has 0 bridgehead atoms. The molecule has 0 spiro atoms. The first kappa shape index (κ1) is 13.1. The predicted molar refractivity (Wildman–Crippen MR) is 77.4 cm³/mol. The van der Waals surface area contributed by atoms with Crippen molar-refractivity contribution in [2.75, 3.05) is 6.54 Å². The Hall–Kier alpha value is -0.340. The molecule has 1 N–H and O–H groups in total. The predicted octanol–water partition coefficient (Wildman–Crippen LogP) is 4.52. The van der Waals surface area contributed by atoms with Crippen molar-refractivity contribution in [3.05, 3.63) is 33.3 Å². The molecule has 0 aromatic heterocycles. The molecule has 0 heterocycles. The zero-order valence-electron chi connectivity index (χ0n) is 11.0. The van der Waals surface area contributed by atoms with Crippen LogP contribution in [-0.2, 0) is 0 Å². The molecule has 1 fully saturated rings. The topological polar surface area (TPSA) is 12.0 Å².